The van der Waals surface area contributed by atoms with Crippen LogP contribution in [0.1, 0.15) is 36.4 Å². The van der Waals surface area contributed by atoms with E-state index in [2.05, 4.69) is 5.10 Å². The van der Waals surface area contributed by atoms with E-state index in [-0.39, 0.29) is 36.1 Å². The maximum absolute atomic E-state index is 13.4. The summed E-state index contributed by atoms with van der Waals surface area (Å²) in [5.74, 6) is 0.146. The summed E-state index contributed by atoms with van der Waals surface area (Å²) in [6.45, 7) is -0.0398. The second-order valence-electron chi connectivity index (χ2n) is 7.76. The Bertz CT molecular complexity index is 985. The number of benzene rings is 2. The molecule has 1 aliphatic heterocycles. The van der Waals surface area contributed by atoms with E-state index in [1.54, 1.807) is 26.3 Å². The molecule has 6 nitrogen and oxygen atoms in total. The quantitative estimate of drug-likeness (QED) is 0.735. The second kappa shape index (κ2) is 8.26. The summed E-state index contributed by atoms with van der Waals surface area (Å²) in [6, 6.07) is 13.2. The Morgan fingerprint density at radius 1 is 1.20 bits per heavy atom. The van der Waals surface area contributed by atoms with Crippen molar-refractivity contribution in [1.29, 1.82) is 0 Å². The number of amides is 2. The van der Waals surface area contributed by atoms with Crippen LogP contribution in [0.25, 0.3) is 0 Å². The maximum atomic E-state index is 13.4. The molecular weight excluding hydrogens is 385 g/mol. The lowest BCUT2D eigenvalue weighted by Gasteiger charge is -2.25. The van der Waals surface area contributed by atoms with Crippen LogP contribution in [0.2, 0.25) is 0 Å². The van der Waals surface area contributed by atoms with Crippen LogP contribution in [-0.4, -0.2) is 48.1 Å². The third-order valence-corrected chi connectivity index (χ3v) is 5.50. The zero-order valence-corrected chi connectivity index (χ0v) is 17.0. The number of nitrogens with zero attached hydrogens (tertiary/aromatic N) is 3. The maximum Gasteiger partial charge on any atom is 0.262 e. The molecule has 2 aliphatic rings. The summed E-state index contributed by atoms with van der Waals surface area (Å²) in [4.78, 5) is 26.8. The number of ether oxygens (including phenoxy) is 1. The second-order valence-corrected chi connectivity index (χ2v) is 7.76. The summed E-state index contributed by atoms with van der Waals surface area (Å²) >= 11 is 0. The Hall–Kier alpha value is -3.22. The molecule has 0 saturated heterocycles. The molecule has 156 valence electrons. The van der Waals surface area contributed by atoms with Crippen LogP contribution in [-0.2, 0) is 9.59 Å². The van der Waals surface area contributed by atoms with Crippen molar-refractivity contribution in [2.75, 3.05) is 20.7 Å². The van der Waals surface area contributed by atoms with Crippen LogP contribution >= 0.6 is 0 Å². The molecule has 0 bridgehead atoms. The standard InChI is InChI=1S/C23H24FN3O3/c1-26(23(29)16-6-7-16)14-22(28)27-21(15-8-10-18(24)11-9-15)13-20(25-27)17-4-3-5-19(12-17)30-2/h3-5,8-12,16,21H,6-7,13-14H2,1-2H3. The first-order valence-electron chi connectivity index (χ1n) is 10.0. The zero-order chi connectivity index (χ0) is 21.3. The van der Waals surface area contributed by atoms with Gasteiger partial charge in [-0.1, -0.05) is 24.3 Å². The van der Waals surface area contributed by atoms with Gasteiger partial charge in [0.05, 0.1) is 18.9 Å². The van der Waals surface area contributed by atoms with Gasteiger partial charge in [-0.25, -0.2) is 9.40 Å². The van der Waals surface area contributed by atoms with Gasteiger partial charge in [0, 0.05) is 24.9 Å². The van der Waals surface area contributed by atoms with Crippen molar-refractivity contribution in [3.8, 4) is 5.75 Å². The molecule has 4 rings (SSSR count). The summed E-state index contributed by atoms with van der Waals surface area (Å²) < 4.78 is 18.7. The average molecular weight is 409 g/mol. The minimum Gasteiger partial charge on any atom is -0.497 e. The first-order chi connectivity index (χ1) is 14.5. The first kappa shape index (κ1) is 20.1. The number of hydrogen-bond acceptors (Lipinski definition) is 4. The van der Waals surface area contributed by atoms with E-state index in [4.69, 9.17) is 4.74 Å². The third-order valence-electron chi connectivity index (χ3n) is 5.50. The Kier molecular flexibility index (Phi) is 5.53. The molecule has 2 aromatic carbocycles. The van der Waals surface area contributed by atoms with E-state index in [1.807, 2.05) is 24.3 Å². The van der Waals surface area contributed by atoms with Crippen LogP contribution < -0.4 is 4.74 Å². The summed E-state index contributed by atoms with van der Waals surface area (Å²) in [7, 11) is 3.24. The minimum absolute atomic E-state index is 0.00196. The van der Waals surface area contributed by atoms with Crippen molar-refractivity contribution in [2.24, 2.45) is 11.0 Å². The van der Waals surface area contributed by atoms with E-state index in [9.17, 15) is 14.0 Å². The number of hydrazone groups is 1. The van der Waals surface area contributed by atoms with Crippen molar-refractivity contribution in [1.82, 2.24) is 9.91 Å². The normalized spacial score (nSPS) is 18.2. The number of hydrogen-bond donors (Lipinski definition) is 0. The van der Waals surface area contributed by atoms with Crippen molar-refractivity contribution < 1.29 is 18.7 Å². The number of likely N-dealkylation sites (N-methyl/N-ethyl adjacent to an activating group) is 1. The molecule has 7 heteroatoms. The molecule has 2 amide bonds. The van der Waals surface area contributed by atoms with Gasteiger partial charge in [-0.3, -0.25) is 9.59 Å². The molecule has 0 aromatic heterocycles. The number of carbonyl (C=O) groups is 2. The number of rotatable bonds is 6. The Labute approximate surface area is 174 Å². The predicted molar refractivity (Wildman–Crippen MR) is 110 cm³/mol. The van der Waals surface area contributed by atoms with E-state index in [1.165, 1.54) is 22.0 Å². The van der Waals surface area contributed by atoms with Gasteiger partial charge in [-0.05, 0) is 42.7 Å². The van der Waals surface area contributed by atoms with Gasteiger partial charge < -0.3 is 9.64 Å². The van der Waals surface area contributed by atoms with Crippen molar-refractivity contribution in [2.45, 2.75) is 25.3 Å². The topological polar surface area (TPSA) is 62.2 Å². The van der Waals surface area contributed by atoms with Crippen LogP contribution in [0.4, 0.5) is 4.39 Å². The highest BCUT2D eigenvalue weighted by molar-refractivity contribution is 6.03. The molecule has 30 heavy (non-hydrogen) atoms. The lowest BCUT2D eigenvalue weighted by Crippen LogP contribution is -2.39. The molecule has 1 unspecified atom stereocenters. The van der Waals surface area contributed by atoms with E-state index in [0.717, 1.165) is 29.7 Å². The zero-order valence-electron chi connectivity index (χ0n) is 17.0. The van der Waals surface area contributed by atoms with Gasteiger partial charge in [0.15, 0.2) is 0 Å². The minimum atomic E-state index is -0.358. The van der Waals surface area contributed by atoms with Crippen molar-refractivity contribution in [3.05, 3.63) is 65.5 Å². The highest BCUT2D eigenvalue weighted by atomic mass is 19.1. The molecule has 1 aliphatic carbocycles. The van der Waals surface area contributed by atoms with Gasteiger partial charge in [-0.15, -0.1) is 0 Å². The van der Waals surface area contributed by atoms with E-state index < -0.39 is 0 Å². The molecule has 1 atom stereocenters. The highest BCUT2D eigenvalue weighted by Gasteiger charge is 2.36. The lowest BCUT2D eigenvalue weighted by molar-refractivity contribution is -0.141. The lowest BCUT2D eigenvalue weighted by atomic mass is 9.98. The fourth-order valence-electron chi connectivity index (χ4n) is 3.66. The van der Waals surface area contributed by atoms with Gasteiger partial charge in [0.2, 0.25) is 5.91 Å². The Morgan fingerprint density at radius 3 is 2.60 bits per heavy atom. The number of methoxy groups -OCH3 is 1. The summed E-state index contributed by atoms with van der Waals surface area (Å²) in [5.41, 5.74) is 2.40. The molecule has 2 aromatic rings. The molecule has 0 N–H and O–H groups in total. The molecule has 0 spiro atoms. The smallest absolute Gasteiger partial charge is 0.262 e. The van der Waals surface area contributed by atoms with Crippen LogP contribution in [0.3, 0.4) is 0 Å². The SMILES string of the molecule is COc1cccc(C2=NN(C(=O)CN(C)C(=O)C3CC3)C(c3ccc(F)cc3)C2)c1. The molecule has 1 heterocycles. The first-order valence-corrected chi connectivity index (χ1v) is 10.0. The number of carbonyl (C=O) groups excluding carboxylic acids is 2. The Balaban J connectivity index is 1.60. The average Bonchev–Trinajstić information content (AvgIpc) is 3.51. The van der Waals surface area contributed by atoms with E-state index >= 15 is 0 Å². The van der Waals surface area contributed by atoms with Gasteiger partial charge >= 0.3 is 0 Å². The van der Waals surface area contributed by atoms with Crippen LogP contribution in [0, 0.1) is 11.7 Å². The molecule has 1 saturated carbocycles. The summed E-state index contributed by atoms with van der Waals surface area (Å²) in [6.07, 6.45) is 2.26. The summed E-state index contributed by atoms with van der Waals surface area (Å²) in [5, 5.41) is 6.03. The third kappa shape index (κ3) is 4.20. The fourth-order valence-corrected chi connectivity index (χ4v) is 3.66. The fraction of sp³-hybridized carbons (Fsp3) is 0.348. The van der Waals surface area contributed by atoms with Gasteiger partial charge in [0.25, 0.3) is 5.91 Å². The largest absolute Gasteiger partial charge is 0.497 e. The van der Waals surface area contributed by atoms with Gasteiger partial charge in [0.1, 0.15) is 18.1 Å². The molecule has 0 radical (unpaired) electrons. The Morgan fingerprint density at radius 2 is 1.93 bits per heavy atom. The predicted octanol–water partition coefficient (Wildman–Crippen LogP) is 3.38. The van der Waals surface area contributed by atoms with E-state index in [0.29, 0.717) is 12.2 Å². The van der Waals surface area contributed by atoms with Crippen molar-refractivity contribution >= 4 is 17.5 Å². The van der Waals surface area contributed by atoms with Gasteiger partial charge in [-0.2, -0.15) is 5.10 Å². The monoisotopic (exact) mass is 409 g/mol. The van der Waals surface area contributed by atoms with Crippen LogP contribution in [0.15, 0.2) is 53.6 Å². The van der Waals surface area contributed by atoms with Crippen LogP contribution in [0.5, 0.6) is 5.75 Å². The number of halogens is 1. The molecule has 1 fully saturated rings. The molecular formula is C23H24FN3O3. The van der Waals surface area contributed by atoms with Crippen molar-refractivity contribution in [3.63, 3.8) is 0 Å². The highest BCUT2D eigenvalue weighted by Crippen LogP contribution is 2.34.